The topological polar surface area (TPSA) is 75.9 Å². The van der Waals surface area contributed by atoms with Gasteiger partial charge in [-0.25, -0.2) is 24.0 Å². The second kappa shape index (κ2) is 4.88. The van der Waals surface area contributed by atoms with Crippen LogP contribution in [0.5, 0.6) is 0 Å². The van der Waals surface area contributed by atoms with Crippen molar-refractivity contribution in [3.05, 3.63) is 41.8 Å². The molecule has 2 rings (SSSR count). The predicted octanol–water partition coefficient (Wildman–Crippen LogP) is 1.92. The summed E-state index contributed by atoms with van der Waals surface area (Å²) in [5.41, 5.74) is 1.68. The first kappa shape index (κ1) is 12.1. The van der Waals surface area contributed by atoms with Crippen molar-refractivity contribution in [1.82, 2.24) is 9.97 Å². The Hall–Kier alpha value is -2.35. The number of nitrogens with zero attached hydrogens (tertiary/aromatic N) is 2. The van der Waals surface area contributed by atoms with E-state index < -0.39 is 23.1 Å². The quantitative estimate of drug-likeness (QED) is 0.577. The third kappa shape index (κ3) is 2.48. The number of nitrogens with two attached hydrogens (primary N) is 1. The molecule has 0 fully saturated rings. The average molecular weight is 255 g/mol. The Bertz CT molecular complexity index is 552. The molecule has 0 bridgehead atoms. The van der Waals surface area contributed by atoms with Crippen molar-refractivity contribution in [3.8, 4) is 0 Å². The maximum atomic E-state index is 13.4. The van der Waals surface area contributed by atoms with Gasteiger partial charge >= 0.3 is 0 Å². The molecule has 0 saturated heterocycles. The number of hydrazine groups is 1. The van der Waals surface area contributed by atoms with Gasteiger partial charge in [0.25, 0.3) is 0 Å². The molecule has 4 N–H and O–H groups in total. The summed E-state index contributed by atoms with van der Waals surface area (Å²) in [5.74, 6) is 2.16. The van der Waals surface area contributed by atoms with E-state index in [4.69, 9.17) is 5.84 Å². The molecule has 0 saturated carbocycles. The number of aromatic nitrogens is 2. The highest BCUT2D eigenvalue weighted by molar-refractivity contribution is 5.58. The average Bonchev–Trinajstić information content (AvgIpc) is 2.34. The third-order valence-corrected chi connectivity index (χ3v) is 2.04. The maximum absolute atomic E-state index is 13.4. The maximum Gasteiger partial charge on any atom is 0.239 e. The van der Waals surface area contributed by atoms with Gasteiger partial charge in [-0.15, -0.1) is 0 Å². The second-order valence-electron chi connectivity index (χ2n) is 3.28. The van der Waals surface area contributed by atoms with Gasteiger partial charge in [0, 0.05) is 18.3 Å². The summed E-state index contributed by atoms with van der Waals surface area (Å²) in [4.78, 5) is 7.53. The largest absolute Gasteiger partial charge is 0.335 e. The highest BCUT2D eigenvalue weighted by Gasteiger charge is 2.12. The van der Waals surface area contributed by atoms with Gasteiger partial charge in [0.05, 0.1) is 0 Å². The van der Waals surface area contributed by atoms with E-state index in [1.54, 1.807) is 0 Å². The van der Waals surface area contributed by atoms with Crippen LogP contribution in [0, 0.1) is 17.5 Å². The van der Waals surface area contributed by atoms with Crippen LogP contribution in [0.15, 0.2) is 24.4 Å². The van der Waals surface area contributed by atoms with Crippen LogP contribution in [0.4, 0.5) is 30.6 Å². The molecule has 18 heavy (non-hydrogen) atoms. The number of nitrogen functional groups attached to an aromatic ring is 1. The monoisotopic (exact) mass is 255 g/mol. The van der Waals surface area contributed by atoms with Crippen LogP contribution >= 0.6 is 0 Å². The van der Waals surface area contributed by atoms with Crippen LogP contribution in [-0.4, -0.2) is 9.97 Å². The van der Waals surface area contributed by atoms with Crippen LogP contribution < -0.4 is 16.6 Å². The molecule has 1 aromatic heterocycles. The Morgan fingerprint density at radius 1 is 1.11 bits per heavy atom. The first-order chi connectivity index (χ1) is 8.60. The number of nitrogens with one attached hydrogen (secondary N) is 2. The number of rotatable bonds is 3. The minimum Gasteiger partial charge on any atom is -0.335 e. The first-order valence-electron chi connectivity index (χ1n) is 4.81. The van der Waals surface area contributed by atoms with E-state index in [9.17, 15) is 13.2 Å². The van der Waals surface area contributed by atoms with Gasteiger partial charge in [-0.1, -0.05) is 0 Å². The highest BCUT2D eigenvalue weighted by Crippen LogP contribution is 2.23. The van der Waals surface area contributed by atoms with Gasteiger partial charge in [-0.2, -0.15) is 4.98 Å². The molecule has 0 aliphatic heterocycles. The van der Waals surface area contributed by atoms with Crippen LogP contribution in [0.3, 0.4) is 0 Å². The zero-order chi connectivity index (χ0) is 13.1. The van der Waals surface area contributed by atoms with Crippen molar-refractivity contribution >= 4 is 17.5 Å². The SMILES string of the molecule is NNc1nccc(Nc2c(F)cc(F)cc2F)n1. The molecule has 8 heteroatoms. The van der Waals surface area contributed by atoms with Crippen molar-refractivity contribution < 1.29 is 13.2 Å². The molecule has 5 nitrogen and oxygen atoms in total. The molecule has 0 radical (unpaired) electrons. The van der Waals surface area contributed by atoms with Gasteiger partial charge in [-0.05, 0) is 6.07 Å². The fourth-order valence-electron chi connectivity index (χ4n) is 1.29. The van der Waals surface area contributed by atoms with E-state index >= 15 is 0 Å². The Morgan fingerprint density at radius 3 is 2.39 bits per heavy atom. The summed E-state index contributed by atoms with van der Waals surface area (Å²) in [7, 11) is 0. The Labute approximate surface area is 99.8 Å². The van der Waals surface area contributed by atoms with E-state index in [0.717, 1.165) is 0 Å². The zero-order valence-corrected chi connectivity index (χ0v) is 8.92. The summed E-state index contributed by atoms with van der Waals surface area (Å²) < 4.78 is 39.4. The molecule has 0 atom stereocenters. The fraction of sp³-hybridized carbons (Fsp3) is 0. The van der Waals surface area contributed by atoms with Crippen molar-refractivity contribution in [1.29, 1.82) is 0 Å². The lowest BCUT2D eigenvalue weighted by Crippen LogP contribution is -2.11. The molecular formula is C10H8F3N5. The lowest BCUT2D eigenvalue weighted by Gasteiger charge is -2.08. The lowest BCUT2D eigenvalue weighted by molar-refractivity contribution is 0.549. The van der Waals surface area contributed by atoms with Gasteiger partial charge in [0.15, 0.2) is 11.6 Å². The highest BCUT2D eigenvalue weighted by atomic mass is 19.1. The van der Waals surface area contributed by atoms with Crippen LogP contribution in [-0.2, 0) is 0 Å². The van der Waals surface area contributed by atoms with E-state index in [1.165, 1.54) is 12.3 Å². The molecule has 1 aromatic carbocycles. The normalized spacial score (nSPS) is 10.2. The summed E-state index contributed by atoms with van der Waals surface area (Å²) in [6.45, 7) is 0. The van der Waals surface area contributed by atoms with Crippen molar-refractivity contribution in [2.45, 2.75) is 0 Å². The van der Waals surface area contributed by atoms with Crippen molar-refractivity contribution in [3.63, 3.8) is 0 Å². The number of benzene rings is 1. The third-order valence-electron chi connectivity index (χ3n) is 2.04. The molecule has 0 spiro atoms. The molecule has 0 aliphatic carbocycles. The molecule has 1 heterocycles. The molecular weight excluding hydrogens is 247 g/mol. The molecule has 0 unspecified atom stereocenters. The number of hydrogen-bond donors (Lipinski definition) is 3. The van der Waals surface area contributed by atoms with Crippen molar-refractivity contribution in [2.24, 2.45) is 5.84 Å². The summed E-state index contributed by atoms with van der Waals surface area (Å²) in [6.07, 6.45) is 1.34. The van der Waals surface area contributed by atoms with Crippen molar-refractivity contribution in [2.75, 3.05) is 10.7 Å². The Morgan fingerprint density at radius 2 is 1.78 bits per heavy atom. The van der Waals surface area contributed by atoms with Gasteiger partial charge in [0.1, 0.15) is 17.3 Å². The summed E-state index contributed by atoms with van der Waals surface area (Å²) in [5, 5.41) is 2.38. The van der Waals surface area contributed by atoms with E-state index in [1.807, 2.05) is 0 Å². The number of anilines is 3. The van der Waals surface area contributed by atoms with Crippen LogP contribution in [0.25, 0.3) is 0 Å². The zero-order valence-electron chi connectivity index (χ0n) is 8.92. The summed E-state index contributed by atoms with van der Waals surface area (Å²) in [6, 6.07) is 2.51. The molecule has 0 amide bonds. The van der Waals surface area contributed by atoms with Gasteiger partial charge in [0.2, 0.25) is 5.95 Å². The minimum absolute atomic E-state index is 0.0722. The summed E-state index contributed by atoms with van der Waals surface area (Å²) >= 11 is 0. The number of hydrogen-bond acceptors (Lipinski definition) is 5. The van der Waals surface area contributed by atoms with E-state index in [0.29, 0.717) is 12.1 Å². The Kier molecular flexibility index (Phi) is 3.28. The predicted molar refractivity (Wildman–Crippen MR) is 59.4 cm³/mol. The van der Waals surface area contributed by atoms with E-state index in [2.05, 4.69) is 20.7 Å². The van der Waals surface area contributed by atoms with Crippen LogP contribution in [0.1, 0.15) is 0 Å². The minimum atomic E-state index is -1.06. The lowest BCUT2D eigenvalue weighted by atomic mass is 10.2. The Balaban J connectivity index is 2.33. The molecule has 0 aliphatic rings. The molecule has 94 valence electrons. The van der Waals surface area contributed by atoms with Crippen LogP contribution in [0.2, 0.25) is 0 Å². The molecule has 2 aromatic rings. The second-order valence-corrected chi connectivity index (χ2v) is 3.28. The van der Waals surface area contributed by atoms with E-state index in [-0.39, 0.29) is 11.8 Å². The first-order valence-corrected chi connectivity index (χ1v) is 4.81. The van der Waals surface area contributed by atoms with Gasteiger partial charge < -0.3 is 5.32 Å². The smallest absolute Gasteiger partial charge is 0.239 e. The number of halogens is 3. The standard InChI is InChI=1S/C10H8F3N5/c11-5-3-6(12)9(7(13)4-5)16-8-1-2-15-10(17-8)18-14/h1-4H,14H2,(H2,15,16,17,18). The fourth-order valence-corrected chi connectivity index (χ4v) is 1.29. The van der Waals surface area contributed by atoms with Gasteiger partial charge in [-0.3, -0.25) is 5.43 Å².